The summed E-state index contributed by atoms with van der Waals surface area (Å²) >= 11 is 0. The number of benzene rings is 11. The largest absolute Gasteiger partial charge is 0.512 e. The number of hydrogen-bond donors (Lipinski definition) is 1. The molecule has 1 N–H and O–H groups in total. The molecule has 7 aromatic heterocycles. The summed E-state index contributed by atoms with van der Waals surface area (Å²) in [5.74, 6) is -0.612. The number of carbonyl (C=O) groups is 1. The van der Waals surface area contributed by atoms with Crippen LogP contribution in [0.1, 0.15) is 131 Å². The number of aliphatic hydroxyl groups excluding tert-OH is 1. The minimum absolute atomic E-state index is 0. The van der Waals surface area contributed by atoms with Crippen molar-refractivity contribution in [2.75, 3.05) is 0 Å². The van der Waals surface area contributed by atoms with Crippen molar-refractivity contribution < 1.29 is 128 Å². The zero-order valence-corrected chi connectivity index (χ0v) is 87.4. The van der Waals surface area contributed by atoms with Gasteiger partial charge in [-0.15, -0.1) is 214 Å². The average molecular weight is 2640 g/mol. The van der Waals surface area contributed by atoms with Crippen LogP contribution < -0.4 is 5.44 Å². The first-order valence-corrected chi connectivity index (χ1v) is 42.6. The predicted molar refractivity (Wildman–Crippen MR) is 506 cm³/mol. The molecule has 673 valence electrons. The van der Waals surface area contributed by atoms with Crippen molar-refractivity contribution in [3.05, 3.63) is 431 Å². The van der Waals surface area contributed by atoms with Gasteiger partial charge in [0.05, 0.1) is 5.76 Å². The maximum absolute atomic E-state index is 14.4. The summed E-state index contributed by atoms with van der Waals surface area (Å²) in [7, 11) is -0.0505. The molecule has 4 aliphatic carbocycles. The molecule has 0 amide bonds. The fourth-order valence-electron chi connectivity index (χ4n) is 17.4. The summed E-state index contributed by atoms with van der Waals surface area (Å²) in [6.07, 6.45) is 10.2. The Labute approximate surface area is 839 Å². The van der Waals surface area contributed by atoms with Crippen LogP contribution in [0.4, 0.5) is 13.2 Å². The summed E-state index contributed by atoms with van der Waals surface area (Å²) in [6.45, 7) is 25.9. The van der Waals surface area contributed by atoms with Crippen LogP contribution in [0.5, 0.6) is 0 Å². The summed E-state index contributed by atoms with van der Waals surface area (Å²) < 4.78 is 53.8. The zero-order valence-electron chi connectivity index (χ0n) is 74.5. The predicted octanol–water partition coefficient (Wildman–Crippen LogP) is 27.3. The first-order chi connectivity index (χ1) is 61.1. The van der Waals surface area contributed by atoms with E-state index in [1.807, 2.05) is 159 Å². The van der Waals surface area contributed by atoms with E-state index in [-0.39, 0.29) is 160 Å². The van der Waals surface area contributed by atoms with E-state index in [1.165, 1.54) is 71.1 Å². The minimum Gasteiger partial charge on any atom is -0.512 e. The second-order valence-corrected chi connectivity index (χ2v) is 34.2. The Balaban J connectivity index is 0.000000158. The Morgan fingerprint density at radius 3 is 1.08 bits per heavy atom. The Morgan fingerprint density at radius 2 is 0.697 bits per heavy atom. The van der Waals surface area contributed by atoms with Crippen molar-refractivity contribution in [1.82, 2.24) is 34.9 Å². The van der Waals surface area contributed by atoms with E-state index in [2.05, 4.69) is 232 Å². The summed E-state index contributed by atoms with van der Waals surface area (Å²) in [5.41, 5.74) is 24.0. The molecule has 0 saturated heterocycles. The molecule has 132 heavy (non-hydrogen) atoms. The van der Waals surface area contributed by atoms with Gasteiger partial charge in [0.15, 0.2) is 5.78 Å². The molecule has 0 atom stereocenters. The van der Waals surface area contributed by atoms with Gasteiger partial charge in [-0.2, -0.15) is 0 Å². The van der Waals surface area contributed by atoms with Crippen LogP contribution in [0, 0.1) is 80.7 Å². The fraction of sp³-hybridized carbons (Fsp3) is 0.150. The quantitative estimate of drug-likeness (QED) is 0.0765. The van der Waals surface area contributed by atoms with Crippen molar-refractivity contribution >= 4 is 62.8 Å². The van der Waals surface area contributed by atoms with Crippen molar-refractivity contribution in [2.45, 2.75) is 112 Å². The first-order valence-electron chi connectivity index (χ1n) is 41.8. The average Bonchev–Trinajstić information content (AvgIpc) is 0.700. The first kappa shape index (κ1) is 103. The number of rotatable bonds is 5. The molecule has 0 aliphatic heterocycles. The third kappa shape index (κ3) is 21.7. The molecule has 7 heterocycles. The number of aryl methyl sites for hydroxylation is 3. The van der Waals surface area contributed by atoms with Crippen molar-refractivity contribution in [1.29, 1.82) is 0 Å². The minimum atomic E-state index is -0.382. The Bertz CT molecular complexity index is 6830. The molecule has 10 nitrogen and oxygen atoms in total. The van der Waals surface area contributed by atoms with Gasteiger partial charge in [-0.3, -0.25) is 14.3 Å². The second-order valence-electron chi connectivity index (χ2n) is 33.5. The van der Waals surface area contributed by atoms with Gasteiger partial charge in [0.25, 0.3) is 0 Å². The molecule has 11 aromatic carbocycles. The van der Waals surface area contributed by atoms with Crippen molar-refractivity contribution in [3.63, 3.8) is 0 Å². The third-order valence-corrected chi connectivity index (χ3v) is 23.7. The monoisotopic (exact) mass is 2650 g/mol. The Hall–Kier alpha value is -11.1. The molecule has 0 bridgehead atoms. The van der Waals surface area contributed by atoms with Crippen LogP contribution in [0.2, 0.25) is 0 Å². The van der Waals surface area contributed by atoms with Gasteiger partial charge in [-0.25, -0.2) is 13.2 Å². The van der Waals surface area contributed by atoms with Gasteiger partial charge in [0, 0.05) is 161 Å². The van der Waals surface area contributed by atoms with Gasteiger partial charge in [0.2, 0.25) is 8.46 Å². The van der Waals surface area contributed by atoms with E-state index in [9.17, 15) is 22.5 Å². The number of nitrogens with zero attached hydrogens (tertiary/aromatic N) is 7. The standard InChI is InChI=1S/3C18H13FN.C18H14N.C13H12N.C12H10N.C11H7NOP.C5H8O2.5Ir/c3*1-18(2)13-7-3-5-11-9-10-20-17(15(11)13)12-6-4-8-14(19)16(12)18;1-18(2)14-8-4-3-7-13(14)17-16-12(10-11-19-17)6-5-9-15(16)18;1-10-4-3-5-12(8-10)13-9-11(2)6-7-14-13;1-10-6-5-9-12(13-10)11-7-3-2-4-8-11;13-14-11-8-4-7-10(12-11)9-5-2-1-3-6-9;1-4(6)3-5(2)7;;;;;/h3*3-5,7-10H,1-2H3;3-6,8-11H,1-2H3;3-4,6-9H,1-2H3;2-7,9H,1H3;1-5,7-8H;3,6H,1-2H3;;;;;/q7*-1;;;;;;. The van der Waals surface area contributed by atoms with Gasteiger partial charge in [-0.1, -0.05) is 188 Å². The van der Waals surface area contributed by atoms with Gasteiger partial charge in [0.1, 0.15) is 5.44 Å². The van der Waals surface area contributed by atoms with E-state index in [4.69, 9.17) is 5.11 Å². The van der Waals surface area contributed by atoms with E-state index in [0.29, 0.717) is 22.1 Å². The van der Waals surface area contributed by atoms with E-state index < -0.39 is 0 Å². The molecule has 0 unspecified atom stereocenters. The molecule has 0 saturated carbocycles. The van der Waals surface area contributed by atoms with Crippen LogP contribution in [-0.4, -0.2) is 45.8 Å². The van der Waals surface area contributed by atoms with E-state index >= 15 is 0 Å². The molecule has 0 spiro atoms. The SMILES string of the molecule is CC(=O)C=C(C)O.CC1(C)c2c([c-]ccc2F)-c2nccc3cccc1c23.CC1(C)c2c([c-]ccc2F)-c2nccc3cccc1c23.CC1(C)c2c([c-]ccc2F)-c2nccc3cccc1c23.CC1(C)c2ccc[c-]c2-c2nccc3cccc1c23.Cc1cc[c-]c(-c2cc(C)ccn2)c1.Cc1cccc(-c2[c-]cccc2)n1.O=Pc1cccc(-c2[c-]cccc2)n1.[Ir].[Ir].[Ir].[Ir].[Ir]. The third-order valence-electron chi connectivity index (χ3n) is 23.3. The van der Waals surface area contributed by atoms with Gasteiger partial charge in [-0.05, 0) is 197 Å². The maximum Gasteiger partial charge on any atom is 0.211 e. The summed E-state index contributed by atoms with van der Waals surface area (Å²) in [5, 5.41) is 17.7. The van der Waals surface area contributed by atoms with E-state index in [0.717, 1.165) is 134 Å². The van der Waals surface area contributed by atoms with Crippen LogP contribution in [0.25, 0.3) is 122 Å². The normalized spacial score (nSPS) is 12.8. The molecule has 22 rings (SSSR count). The summed E-state index contributed by atoms with van der Waals surface area (Å²) in [6, 6.07) is 108. The number of aromatic nitrogens is 7. The number of pyridine rings is 7. The molecule has 4 aliphatic rings. The number of allylic oxidation sites excluding steroid dienone is 2. The van der Waals surface area contributed by atoms with Crippen molar-refractivity contribution in [2.24, 2.45) is 0 Å². The van der Waals surface area contributed by atoms with E-state index in [1.54, 1.807) is 42.9 Å². The maximum atomic E-state index is 14.4. The second kappa shape index (κ2) is 44.6. The fourth-order valence-corrected chi connectivity index (χ4v) is 17.7. The van der Waals surface area contributed by atoms with Gasteiger partial charge >= 0.3 is 0 Å². The zero-order chi connectivity index (χ0) is 89.5. The number of aliphatic hydroxyl groups is 1. The Morgan fingerprint density at radius 1 is 0.341 bits per heavy atom. The molecule has 5 radical (unpaired) electrons. The molecular formula is C113H90F3Ir5N7O3P-7. The molecule has 18 aromatic rings. The Kier molecular flexibility index (Phi) is 34.8. The van der Waals surface area contributed by atoms with Crippen LogP contribution in [0.3, 0.4) is 0 Å². The number of ketones is 1. The van der Waals surface area contributed by atoms with Crippen molar-refractivity contribution in [3.8, 4) is 78.8 Å². The van der Waals surface area contributed by atoms with Crippen LogP contribution in [-0.2, 0) is 132 Å². The smallest absolute Gasteiger partial charge is 0.211 e. The number of carbonyl (C=O) groups excluding carboxylic acids is 1. The van der Waals surface area contributed by atoms with Crippen LogP contribution in [0.15, 0.2) is 310 Å². The number of hydrogen-bond acceptors (Lipinski definition) is 10. The molecule has 0 fully saturated rings. The molecule has 19 heteroatoms. The van der Waals surface area contributed by atoms with Gasteiger partial charge < -0.3 is 35.0 Å². The molecular weight excluding hydrogens is 2550 g/mol. The summed E-state index contributed by atoms with van der Waals surface area (Å²) in [4.78, 5) is 41.0. The van der Waals surface area contributed by atoms with Crippen LogP contribution >= 0.6 is 8.46 Å². The number of fused-ring (bicyclic) bond motifs is 8. The topological polar surface area (TPSA) is 145 Å². The number of halogens is 3.